The third-order valence-electron chi connectivity index (χ3n) is 5.03. The highest BCUT2D eigenvalue weighted by Crippen LogP contribution is 2.35. The van der Waals surface area contributed by atoms with E-state index in [2.05, 4.69) is 28.9 Å². The monoisotopic (exact) mass is 332 g/mol. The van der Waals surface area contributed by atoms with Crippen LogP contribution in [0.1, 0.15) is 30.1 Å². The van der Waals surface area contributed by atoms with Crippen molar-refractivity contribution in [3.8, 4) is 11.1 Å². The largest absolute Gasteiger partial charge is 0.478 e. The molecule has 4 nitrogen and oxygen atoms in total. The predicted octanol–water partition coefficient (Wildman–Crippen LogP) is 4.59. The summed E-state index contributed by atoms with van der Waals surface area (Å²) in [5.41, 5.74) is 3.84. The molecule has 0 aliphatic carbocycles. The molecule has 1 atom stereocenters. The van der Waals surface area contributed by atoms with Crippen LogP contribution in [-0.2, 0) is 0 Å². The number of carboxylic acids is 1. The first kappa shape index (κ1) is 15.6. The molecule has 25 heavy (non-hydrogen) atoms. The molecule has 0 amide bonds. The minimum atomic E-state index is -0.951. The van der Waals surface area contributed by atoms with Gasteiger partial charge in [-0.3, -0.25) is 4.98 Å². The van der Waals surface area contributed by atoms with E-state index >= 15 is 0 Å². The van der Waals surface area contributed by atoms with E-state index in [4.69, 9.17) is 0 Å². The normalized spacial score (nSPS) is 17.2. The molecule has 0 saturated carbocycles. The van der Waals surface area contributed by atoms with Crippen molar-refractivity contribution in [1.82, 2.24) is 4.98 Å². The zero-order chi connectivity index (χ0) is 17.4. The Morgan fingerprint density at radius 2 is 2.00 bits per heavy atom. The van der Waals surface area contributed by atoms with Crippen molar-refractivity contribution < 1.29 is 9.90 Å². The SMILES string of the molecule is CC1CCCN1c1ccc2ncc(C(=O)O)c(-c3ccccc3)c2c1. The molecule has 0 bridgehead atoms. The second-order valence-corrected chi connectivity index (χ2v) is 6.60. The maximum absolute atomic E-state index is 11.8. The molecule has 1 aliphatic heterocycles. The molecule has 2 aromatic carbocycles. The second-order valence-electron chi connectivity index (χ2n) is 6.60. The smallest absolute Gasteiger partial charge is 0.337 e. The molecule has 1 aliphatic rings. The molecule has 1 saturated heterocycles. The Hall–Kier alpha value is -2.88. The highest BCUT2D eigenvalue weighted by atomic mass is 16.4. The minimum Gasteiger partial charge on any atom is -0.478 e. The number of nitrogens with zero attached hydrogens (tertiary/aromatic N) is 2. The van der Waals surface area contributed by atoms with Crippen LogP contribution in [0.15, 0.2) is 54.7 Å². The second kappa shape index (κ2) is 6.20. The van der Waals surface area contributed by atoms with E-state index in [-0.39, 0.29) is 5.56 Å². The van der Waals surface area contributed by atoms with Gasteiger partial charge in [-0.15, -0.1) is 0 Å². The van der Waals surface area contributed by atoms with E-state index in [1.165, 1.54) is 19.0 Å². The van der Waals surface area contributed by atoms with Crippen LogP contribution in [0.4, 0.5) is 5.69 Å². The van der Waals surface area contributed by atoms with Gasteiger partial charge in [0.15, 0.2) is 0 Å². The lowest BCUT2D eigenvalue weighted by Crippen LogP contribution is -2.26. The van der Waals surface area contributed by atoms with E-state index < -0.39 is 5.97 Å². The summed E-state index contributed by atoms with van der Waals surface area (Å²) in [6.07, 6.45) is 3.85. The zero-order valence-electron chi connectivity index (χ0n) is 14.1. The molecule has 1 unspecified atom stereocenters. The topological polar surface area (TPSA) is 53.4 Å². The lowest BCUT2D eigenvalue weighted by molar-refractivity contribution is 0.0697. The molecule has 0 radical (unpaired) electrons. The quantitative estimate of drug-likeness (QED) is 0.762. The molecule has 3 aromatic rings. The molecular formula is C21H20N2O2. The molecular weight excluding hydrogens is 312 g/mol. The molecule has 126 valence electrons. The van der Waals surface area contributed by atoms with Gasteiger partial charge in [0.25, 0.3) is 0 Å². The number of aromatic nitrogens is 1. The summed E-state index contributed by atoms with van der Waals surface area (Å²) in [7, 11) is 0. The van der Waals surface area contributed by atoms with Crippen LogP contribution in [0, 0.1) is 0 Å². The Morgan fingerprint density at radius 3 is 2.68 bits per heavy atom. The summed E-state index contributed by atoms with van der Waals surface area (Å²) in [5, 5.41) is 10.6. The van der Waals surface area contributed by atoms with Gasteiger partial charge in [-0.05, 0) is 43.5 Å². The number of carbonyl (C=O) groups is 1. The summed E-state index contributed by atoms with van der Waals surface area (Å²) < 4.78 is 0. The van der Waals surface area contributed by atoms with Gasteiger partial charge in [0, 0.05) is 35.4 Å². The maximum atomic E-state index is 11.8. The maximum Gasteiger partial charge on any atom is 0.337 e. The van der Waals surface area contributed by atoms with Gasteiger partial charge < -0.3 is 10.0 Å². The Kier molecular flexibility index (Phi) is 3.88. The fourth-order valence-electron chi connectivity index (χ4n) is 3.75. The Morgan fingerprint density at radius 1 is 1.20 bits per heavy atom. The van der Waals surface area contributed by atoms with E-state index in [1.807, 2.05) is 36.4 Å². The van der Waals surface area contributed by atoms with E-state index in [0.717, 1.165) is 34.3 Å². The fraction of sp³-hybridized carbons (Fsp3) is 0.238. The predicted molar refractivity (Wildman–Crippen MR) is 100 cm³/mol. The lowest BCUT2D eigenvalue weighted by Gasteiger charge is -2.24. The number of benzene rings is 2. The van der Waals surface area contributed by atoms with Crippen molar-refractivity contribution >= 4 is 22.6 Å². The van der Waals surface area contributed by atoms with Crippen LogP contribution in [-0.4, -0.2) is 28.6 Å². The number of carboxylic acid groups (broad SMARTS) is 1. The first-order chi connectivity index (χ1) is 12.1. The Bertz CT molecular complexity index is 937. The molecule has 1 fully saturated rings. The van der Waals surface area contributed by atoms with Crippen LogP contribution < -0.4 is 4.90 Å². The molecule has 0 spiro atoms. The van der Waals surface area contributed by atoms with Crippen molar-refractivity contribution in [1.29, 1.82) is 0 Å². The van der Waals surface area contributed by atoms with Gasteiger partial charge in [-0.25, -0.2) is 4.79 Å². The van der Waals surface area contributed by atoms with Crippen molar-refractivity contribution in [2.75, 3.05) is 11.4 Å². The number of pyridine rings is 1. The van der Waals surface area contributed by atoms with Crippen LogP contribution >= 0.6 is 0 Å². The van der Waals surface area contributed by atoms with Crippen LogP contribution in [0.5, 0.6) is 0 Å². The number of rotatable bonds is 3. The molecule has 2 heterocycles. The molecule has 1 N–H and O–H groups in total. The third-order valence-corrected chi connectivity index (χ3v) is 5.03. The number of fused-ring (bicyclic) bond motifs is 1. The molecule has 4 heteroatoms. The van der Waals surface area contributed by atoms with Gasteiger partial charge in [0.2, 0.25) is 0 Å². The summed E-state index contributed by atoms with van der Waals surface area (Å²) >= 11 is 0. The highest BCUT2D eigenvalue weighted by Gasteiger charge is 2.22. The summed E-state index contributed by atoms with van der Waals surface area (Å²) in [6, 6.07) is 16.4. The third kappa shape index (κ3) is 2.74. The first-order valence-corrected chi connectivity index (χ1v) is 8.63. The average Bonchev–Trinajstić information content (AvgIpc) is 3.06. The number of anilines is 1. The van der Waals surface area contributed by atoms with Gasteiger partial charge in [0.1, 0.15) is 0 Å². The zero-order valence-corrected chi connectivity index (χ0v) is 14.1. The van der Waals surface area contributed by atoms with Crippen molar-refractivity contribution in [3.63, 3.8) is 0 Å². The Balaban J connectivity index is 1.98. The standard InChI is InChI=1S/C21H20N2O2/c1-14-6-5-11-23(14)16-9-10-19-17(12-16)20(15-7-3-2-4-8-15)18(13-22-19)21(24)25/h2-4,7-10,12-14H,5-6,11H2,1H3,(H,24,25). The van der Waals surface area contributed by atoms with Crippen LogP contribution in [0.2, 0.25) is 0 Å². The first-order valence-electron chi connectivity index (χ1n) is 8.63. The highest BCUT2D eigenvalue weighted by molar-refractivity contribution is 6.06. The van der Waals surface area contributed by atoms with Crippen molar-refractivity contribution in [2.45, 2.75) is 25.8 Å². The average molecular weight is 332 g/mol. The van der Waals surface area contributed by atoms with E-state index in [9.17, 15) is 9.90 Å². The van der Waals surface area contributed by atoms with Gasteiger partial charge in [0.05, 0.1) is 11.1 Å². The van der Waals surface area contributed by atoms with Crippen LogP contribution in [0.3, 0.4) is 0 Å². The number of hydrogen-bond donors (Lipinski definition) is 1. The van der Waals surface area contributed by atoms with Gasteiger partial charge in [-0.1, -0.05) is 30.3 Å². The lowest BCUT2D eigenvalue weighted by atomic mass is 9.96. The number of aromatic carboxylic acids is 1. The van der Waals surface area contributed by atoms with Crippen molar-refractivity contribution in [3.05, 3.63) is 60.3 Å². The van der Waals surface area contributed by atoms with Crippen molar-refractivity contribution in [2.24, 2.45) is 0 Å². The fourth-order valence-corrected chi connectivity index (χ4v) is 3.75. The summed E-state index contributed by atoms with van der Waals surface area (Å²) in [4.78, 5) is 18.5. The van der Waals surface area contributed by atoms with Gasteiger partial charge >= 0.3 is 5.97 Å². The van der Waals surface area contributed by atoms with Crippen LogP contribution in [0.25, 0.3) is 22.0 Å². The Labute approximate surface area is 146 Å². The minimum absolute atomic E-state index is 0.241. The molecule has 4 rings (SSSR count). The van der Waals surface area contributed by atoms with E-state index in [0.29, 0.717) is 6.04 Å². The molecule has 1 aromatic heterocycles. The number of hydrogen-bond acceptors (Lipinski definition) is 3. The summed E-state index contributed by atoms with van der Waals surface area (Å²) in [5.74, 6) is -0.951. The summed E-state index contributed by atoms with van der Waals surface area (Å²) in [6.45, 7) is 3.28. The van der Waals surface area contributed by atoms with Gasteiger partial charge in [-0.2, -0.15) is 0 Å². The van der Waals surface area contributed by atoms with E-state index in [1.54, 1.807) is 0 Å².